The van der Waals surface area contributed by atoms with Gasteiger partial charge in [0.1, 0.15) is 11.5 Å². The molecule has 3 aromatic heterocycles. The van der Waals surface area contributed by atoms with Crippen molar-refractivity contribution >= 4 is 11.7 Å². The van der Waals surface area contributed by atoms with Crippen molar-refractivity contribution in [3.63, 3.8) is 0 Å². The zero-order chi connectivity index (χ0) is 23.2. The molecule has 1 saturated heterocycles. The predicted molar refractivity (Wildman–Crippen MR) is 110 cm³/mol. The second-order valence-corrected chi connectivity index (χ2v) is 8.41. The number of fused-ring (bicyclic) bond motifs is 1. The highest BCUT2D eigenvalue weighted by Gasteiger charge is 2.47. The van der Waals surface area contributed by atoms with E-state index in [0.29, 0.717) is 42.5 Å². The number of amides is 1. The molecule has 1 N–H and O–H groups in total. The van der Waals surface area contributed by atoms with Gasteiger partial charge in [0.05, 0.1) is 24.8 Å². The zero-order valence-electron chi connectivity index (χ0n) is 17.7. The predicted octanol–water partition coefficient (Wildman–Crippen LogP) is 2.74. The Morgan fingerprint density at radius 3 is 2.61 bits per heavy atom. The Labute approximate surface area is 187 Å². The first-order valence-electron chi connectivity index (χ1n) is 10.6. The van der Waals surface area contributed by atoms with E-state index in [2.05, 4.69) is 30.5 Å². The second kappa shape index (κ2) is 8.09. The van der Waals surface area contributed by atoms with Crippen molar-refractivity contribution in [2.75, 3.05) is 18.4 Å². The highest BCUT2D eigenvalue weighted by Crippen LogP contribution is 2.47. The van der Waals surface area contributed by atoms with E-state index in [-0.39, 0.29) is 23.5 Å². The molecule has 3 aromatic rings. The number of hydrogen-bond acceptors (Lipinski definition) is 7. The Morgan fingerprint density at radius 2 is 1.91 bits per heavy atom. The summed E-state index contributed by atoms with van der Waals surface area (Å²) >= 11 is 0. The Kier molecular flexibility index (Phi) is 5.22. The molecule has 2 aliphatic rings. The Hall–Kier alpha value is -3.57. The SMILES string of the molecule is Cc1ccc(-n2nccn2)c(C(=O)N2CC3CC3CC2CNc2cnc(C(F)(F)F)cn2)n1. The molecule has 3 atom stereocenters. The van der Waals surface area contributed by atoms with Crippen LogP contribution in [0.25, 0.3) is 5.69 Å². The summed E-state index contributed by atoms with van der Waals surface area (Å²) in [4.78, 5) is 28.5. The fraction of sp³-hybridized carbons (Fsp3) is 0.429. The quantitative estimate of drug-likeness (QED) is 0.627. The lowest BCUT2D eigenvalue weighted by Gasteiger charge is -2.35. The van der Waals surface area contributed by atoms with Gasteiger partial charge in [-0.2, -0.15) is 23.4 Å². The summed E-state index contributed by atoms with van der Waals surface area (Å²) in [6.07, 6.45) is 2.14. The van der Waals surface area contributed by atoms with Crippen LogP contribution in [0.5, 0.6) is 0 Å². The Bertz CT molecular complexity index is 1150. The number of likely N-dealkylation sites (tertiary alicyclic amines) is 1. The van der Waals surface area contributed by atoms with Gasteiger partial charge in [0.25, 0.3) is 5.91 Å². The number of aromatic nitrogens is 6. The van der Waals surface area contributed by atoms with E-state index in [4.69, 9.17) is 0 Å². The number of rotatable bonds is 5. The van der Waals surface area contributed by atoms with Crippen molar-refractivity contribution in [1.82, 2.24) is 34.8 Å². The van der Waals surface area contributed by atoms with Crippen LogP contribution in [-0.4, -0.2) is 59.9 Å². The van der Waals surface area contributed by atoms with Gasteiger partial charge in [0.2, 0.25) is 0 Å². The van der Waals surface area contributed by atoms with Crippen LogP contribution in [0, 0.1) is 18.8 Å². The first-order chi connectivity index (χ1) is 15.8. The number of anilines is 1. The third kappa shape index (κ3) is 4.37. The summed E-state index contributed by atoms with van der Waals surface area (Å²) < 4.78 is 38.2. The first kappa shape index (κ1) is 21.3. The minimum atomic E-state index is -4.54. The van der Waals surface area contributed by atoms with Crippen molar-refractivity contribution in [3.8, 4) is 5.69 Å². The van der Waals surface area contributed by atoms with Crippen molar-refractivity contribution in [2.45, 2.75) is 32.0 Å². The Morgan fingerprint density at radius 1 is 1.12 bits per heavy atom. The molecule has 5 rings (SSSR count). The normalized spacial score (nSPS) is 22.1. The van der Waals surface area contributed by atoms with Gasteiger partial charge >= 0.3 is 6.18 Å². The fourth-order valence-corrected chi connectivity index (χ4v) is 4.28. The maximum atomic E-state index is 13.6. The van der Waals surface area contributed by atoms with Crippen LogP contribution >= 0.6 is 0 Å². The number of nitrogens with zero attached hydrogens (tertiary/aromatic N) is 7. The van der Waals surface area contributed by atoms with Gasteiger partial charge in [0, 0.05) is 24.8 Å². The largest absolute Gasteiger partial charge is 0.434 e. The van der Waals surface area contributed by atoms with Crippen molar-refractivity contribution < 1.29 is 18.0 Å². The van der Waals surface area contributed by atoms with Gasteiger partial charge in [-0.05, 0) is 43.7 Å². The lowest BCUT2D eigenvalue weighted by atomic mass is 10.0. The van der Waals surface area contributed by atoms with E-state index < -0.39 is 11.9 Å². The number of piperidine rings is 1. The monoisotopic (exact) mass is 458 g/mol. The molecule has 12 heteroatoms. The lowest BCUT2D eigenvalue weighted by Crippen LogP contribution is -2.48. The molecular weight excluding hydrogens is 437 g/mol. The molecule has 4 heterocycles. The van der Waals surface area contributed by atoms with Crippen LogP contribution in [0.2, 0.25) is 0 Å². The molecule has 33 heavy (non-hydrogen) atoms. The minimum Gasteiger partial charge on any atom is -0.367 e. The summed E-state index contributed by atoms with van der Waals surface area (Å²) in [5.41, 5.74) is 0.414. The molecule has 1 aliphatic heterocycles. The van der Waals surface area contributed by atoms with Crippen LogP contribution in [-0.2, 0) is 6.18 Å². The number of hydrogen-bond donors (Lipinski definition) is 1. The third-order valence-corrected chi connectivity index (χ3v) is 6.09. The molecule has 172 valence electrons. The summed E-state index contributed by atoms with van der Waals surface area (Å²) in [6.45, 7) is 2.76. The number of carbonyl (C=O) groups excluding carboxylic acids is 1. The Balaban J connectivity index is 1.36. The minimum absolute atomic E-state index is 0.161. The van der Waals surface area contributed by atoms with Crippen molar-refractivity contribution in [1.29, 1.82) is 0 Å². The fourth-order valence-electron chi connectivity index (χ4n) is 4.28. The molecule has 1 amide bonds. The highest BCUT2D eigenvalue weighted by atomic mass is 19.4. The maximum absolute atomic E-state index is 13.6. The van der Waals surface area contributed by atoms with E-state index in [9.17, 15) is 18.0 Å². The standard InChI is InChI=1S/C21H21F3N8O/c1-12-2-3-16(32-28-4-5-29-32)19(30-12)20(33)31-11-14-6-13(14)7-15(31)8-26-18-10-25-17(9-27-18)21(22,23)24/h2-5,9-10,13-15H,6-8,11H2,1H3,(H,26,27). The number of nitrogens with one attached hydrogen (secondary N) is 1. The summed E-state index contributed by atoms with van der Waals surface area (Å²) in [5, 5.41) is 11.3. The second-order valence-electron chi connectivity index (χ2n) is 8.41. The lowest BCUT2D eigenvalue weighted by molar-refractivity contribution is -0.141. The van der Waals surface area contributed by atoms with E-state index in [1.807, 2.05) is 6.92 Å². The highest BCUT2D eigenvalue weighted by molar-refractivity contribution is 5.96. The smallest absolute Gasteiger partial charge is 0.367 e. The average molecular weight is 458 g/mol. The molecule has 1 aliphatic carbocycles. The summed E-state index contributed by atoms with van der Waals surface area (Å²) in [6, 6.07) is 3.40. The molecule has 9 nitrogen and oxygen atoms in total. The van der Waals surface area contributed by atoms with E-state index >= 15 is 0 Å². The van der Waals surface area contributed by atoms with Gasteiger partial charge in [-0.25, -0.2) is 15.0 Å². The van der Waals surface area contributed by atoms with Crippen molar-refractivity contribution in [3.05, 3.63) is 54.0 Å². The third-order valence-electron chi connectivity index (χ3n) is 6.09. The van der Waals surface area contributed by atoms with Crippen LogP contribution in [0.4, 0.5) is 19.0 Å². The first-order valence-corrected chi connectivity index (χ1v) is 10.6. The van der Waals surface area contributed by atoms with Gasteiger partial charge < -0.3 is 10.2 Å². The van der Waals surface area contributed by atoms with E-state index in [1.165, 1.54) is 17.2 Å². The number of halogens is 3. The average Bonchev–Trinajstić information content (AvgIpc) is 3.34. The van der Waals surface area contributed by atoms with Crippen LogP contribution in [0.1, 0.15) is 34.7 Å². The maximum Gasteiger partial charge on any atom is 0.434 e. The number of carbonyl (C=O) groups is 1. The van der Waals surface area contributed by atoms with Crippen LogP contribution < -0.4 is 5.32 Å². The van der Waals surface area contributed by atoms with Crippen LogP contribution in [0.3, 0.4) is 0 Å². The summed E-state index contributed by atoms with van der Waals surface area (Å²) in [7, 11) is 0. The zero-order valence-corrected chi connectivity index (χ0v) is 17.7. The van der Waals surface area contributed by atoms with Crippen molar-refractivity contribution in [2.24, 2.45) is 11.8 Å². The van der Waals surface area contributed by atoms with Gasteiger partial charge in [-0.15, -0.1) is 4.80 Å². The van der Waals surface area contributed by atoms with E-state index in [0.717, 1.165) is 19.0 Å². The molecule has 0 radical (unpaired) electrons. The van der Waals surface area contributed by atoms with Gasteiger partial charge in [-0.1, -0.05) is 0 Å². The van der Waals surface area contributed by atoms with E-state index in [1.54, 1.807) is 17.0 Å². The summed E-state index contributed by atoms with van der Waals surface area (Å²) in [5.74, 6) is 1.02. The molecule has 1 saturated carbocycles. The van der Waals surface area contributed by atoms with Gasteiger partial charge in [-0.3, -0.25) is 4.79 Å². The molecule has 3 unspecified atom stereocenters. The van der Waals surface area contributed by atoms with Gasteiger partial charge in [0.15, 0.2) is 11.4 Å². The topological polar surface area (TPSA) is 102 Å². The molecule has 0 aromatic carbocycles. The molecule has 0 bridgehead atoms. The van der Waals surface area contributed by atoms with Crippen LogP contribution in [0.15, 0.2) is 36.9 Å². The number of pyridine rings is 1. The number of aryl methyl sites for hydroxylation is 1. The molecule has 2 fully saturated rings. The molecular formula is C21H21F3N8O. The molecule has 0 spiro atoms. The number of alkyl halides is 3.